The van der Waals surface area contributed by atoms with Gasteiger partial charge < -0.3 is 15.2 Å². The van der Waals surface area contributed by atoms with E-state index in [0.29, 0.717) is 12.4 Å². The van der Waals surface area contributed by atoms with Crippen molar-refractivity contribution in [2.75, 3.05) is 6.61 Å². The summed E-state index contributed by atoms with van der Waals surface area (Å²) in [5, 5.41) is 17.5. The molecule has 0 unspecified atom stereocenters. The summed E-state index contributed by atoms with van der Waals surface area (Å²) in [6.45, 7) is 6.06. The lowest BCUT2D eigenvalue weighted by atomic mass is 10.2. The molecular formula is C16H23N3O2. The van der Waals surface area contributed by atoms with Crippen molar-refractivity contribution in [3.05, 3.63) is 41.2 Å². The molecule has 0 atom stereocenters. The maximum Gasteiger partial charge on any atom is 0.161 e. The van der Waals surface area contributed by atoms with Gasteiger partial charge >= 0.3 is 0 Å². The lowest BCUT2D eigenvalue weighted by molar-refractivity contribution is 0.317. The summed E-state index contributed by atoms with van der Waals surface area (Å²) in [7, 11) is 1.94. The first-order valence-corrected chi connectivity index (χ1v) is 7.30. The molecule has 0 saturated carbocycles. The normalized spacial score (nSPS) is 10.8. The van der Waals surface area contributed by atoms with Crippen molar-refractivity contribution in [2.45, 2.75) is 33.4 Å². The number of ether oxygens (including phenoxy) is 1. The third-order valence-corrected chi connectivity index (χ3v) is 3.30. The number of hydrogen-bond acceptors (Lipinski definition) is 4. The monoisotopic (exact) mass is 289 g/mol. The van der Waals surface area contributed by atoms with Crippen LogP contribution in [0.25, 0.3) is 0 Å². The zero-order valence-corrected chi connectivity index (χ0v) is 12.9. The third kappa shape index (κ3) is 3.98. The Morgan fingerprint density at radius 3 is 2.81 bits per heavy atom. The van der Waals surface area contributed by atoms with Gasteiger partial charge in [0.25, 0.3) is 0 Å². The Bertz CT molecular complexity index is 593. The molecule has 0 bridgehead atoms. The summed E-state index contributed by atoms with van der Waals surface area (Å²) in [6.07, 6.45) is 2.99. The number of phenolic OH excluding ortho intramolecular Hbond substituents is 1. The van der Waals surface area contributed by atoms with Crippen molar-refractivity contribution in [2.24, 2.45) is 7.05 Å². The maximum atomic E-state index is 9.68. The van der Waals surface area contributed by atoms with Crippen LogP contribution in [0, 0.1) is 0 Å². The molecule has 2 aromatic rings. The van der Waals surface area contributed by atoms with Crippen LogP contribution in [0.15, 0.2) is 24.4 Å². The quantitative estimate of drug-likeness (QED) is 0.821. The van der Waals surface area contributed by atoms with Gasteiger partial charge in [0.2, 0.25) is 0 Å². The molecule has 0 spiro atoms. The van der Waals surface area contributed by atoms with Crippen LogP contribution in [-0.4, -0.2) is 21.5 Å². The zero-order valence-electron chi connectivity index (χ0n) is 12.9. The van der Waals surface area contributed by atoms with Gasteiger partial charge in [0.15, 0.2) is 11.5 Å². The molecule has 0 saturated heterocycles. The third-order valence-electron chi connectivity index (χ3n) is 3.30. The first-order valence-electron chi connectivity index (χ1n) is 7.30. The highest BCUT2D eigenvalue weighted by molar-refractivity contribution is 5.41. The Labute approximate surface area is 125 Å². The van der Waals surface area contributed by atoms with E-state index in [1.807, 2.05) is 37.0 Å². The number of hydrogen-bond donors (Lipinski definition) is 2. The van der Waals surface area contributed by atoms with Gasteiger partial charge in [-0.3, -0.25) is 4.68 Å². The van der Waals surface area contributed by atoms with E-state index in [-0.39, 0.29) is 5.75 Å². The minimum absolute atomic E-state index is 0.182. The van der Waals surface area contributed by atoms with E-state index in [2.05, 4.69) is 17.3 Å². The molecule has 114 valence electrons. The highest BCUT2D eigenvalue weighted by atomic mass is 16.5. The average molecular weight is 289 g/mol. The van der Waals surface area contributed by atoms with E-state index in [4.69, 9.17) is 4.74 Å². The summed E-state index contributed by atoms with van der Waals surface area (Å²) in [5.74, 6) is 0.716. The van der Waals surface area contributed by atoms with Crippen molar-refractivity contribution in [3.8, 4) is 11.5 Å². The van der Waals surface area contributed by atoms with E-state index in [1.54, 1.807) is 6.07 Å². The van der Waals surface area contributed by atoms with Crippen molar-refractivity contribution in [3.63, 3.8) is 0 Å². The molecule has 0 aliphatic carbocycles. The summed E-state index contributed by atoms with van der Waals surface area (Å²) in [5.41, 5.74) is 3.44. The van der Waals surface area contributed by atoms with Crippen LogP contribution in [0.1, 0.15) is 30.7 Å². The second-order valence-electron chi connectivity index (χ2n) is 4.97. The highest BCUT2D eigenvalue weighted by Gasteiger charge is 2.06. The number of nitrogens with one attached hydrogen (secondary N) is 1. The van der Waals surface area contributed by atoms with Crippen molar-refractivity contribution < 1.29 is 9.84 Å². The molecule has 21 heavy (non-hydrogen) atoms. The first kappa shape index (κ1) is 15.4. The van der Waals surface area contributed by atoms with Gasteiger partial charge in [0, 0.05) is 31.9 Å². The molecule has 0 aliphatic heterocycles. The first-order chi connectivity index (χ1) is 10.1. The Balaban J connectivity index is 1.95. The molecule has 0 fully saturated rings. The molecule has 1 heterocycles. The number of rotatable bonds is 7. The number of aromatic nitrogens is 2. The van der Waals surface area contributed by atoms with Crippen LogP contribution in [0.4, 0.5) is 0 Å². The largest absolute Gasteiger partial charge is 0.504 e. The van der Waals surface area contributed by atoms with E-state index >= 15 is 0 Å². The Morgan fingerprint density at radius 1 is 1.29 bits per heavy atom. The number of aromatic hydroxyl groups is 1. The minimum Gasteiger partial charge on any atom is -0.504 e. The van der Waals surface area contributed by atoms with Gasteiger partial charge in [-0.15, -0.1) is 0 Å². The van der Waals surface area contributed by atoms with Gasteiger partial charge in [0.1, 0.15) is 0 Å². The second kappa shape index (κ2) is 7.13. The Morgan fingerprint density at radius 2 is 2.10 bits per heavy atom. The van der Waals surface area contributed by atoms with E-state index in [9.17, 15) is 5.11 Å². The summed E-state index contributed by atoms with van der Waals surface area (Å²) < 4.78 is 7.24. The molecule has 1 aromatic carbocycles. The van der Waals surface area contributed by atoms with Crippen LogP contribution in [0.2, 0.25) is 0 Å². The standard InChI is InChI=1S/C16H23N3O2/c1-4-14-13(11-19(3)18-14)10-17-9-12-6-7-15(20)16(8-12)21-5-2/h6-8,11,17,20H,4-5,9-10H2,1-3H3. The minimum atomic E-state index is 0.182. The molecule has 5 heteroatoms. The van der Waals surface area contributed by atoms with Crippen molar-refractivity contribution in [1.29, 1.82) is 0 Å². The van der Waals surface area contributed by atoms with E-state index in [1.165, 1.54) is 5.56 Å². The Hall–Kier alpha value is -2.01. The number of aryl methyl sites for hydroxylation is 2. The van der Waals surface area contributed by atoms with Crippen LogP contribution >= 0.6 is 0 Å². The molecular weight excluding hydrogens is 266 g/mol. The molecule has 0 radical (unpaired) electrons. The average Bonchev–Trinajstić information content (AvgIpc) is 2.83. The molecule has 0 aliphatic rings. The fourth-order valence-corrected chi connectivity index (χ4v) is 2.31. The smallest absolute Gasteiger partial charge is 0.161 e. The van der Waals surface area contributed by atoms with Crippen molar-refractivity contribution >= 4 is 0 Å². The number of benzene rings is 1. The fourth-order valence-electron chi connectivity index (χ4n) is 2.31. The highest BCUT2D eigenvalue weighted by Crippen LogP contribution is 2.26. The van der Waals surface area contributed by atoms with Gasteiger partial charge in [0.05, 0.1) is 12.3 Å². The van der Waals surface area contributed by atoms with Gasteiger partial charge in [-0.05, 0) is 31.0 Å². The van der Waals surface area contributed by atoms with Gasteiger partial charge in [-0.25, -0.2) is 0 Å². The van der Waals surface area contributed by atoms with Crippen LogP contribution in [0.3, 0.4) is 0 Å². The number of nitrogens with zero attached hydrogens (tertiary/aromatic N) is 2. The molecule has 0 amide bonds. The summed E-state index contributed by atoms with van der Waals surface area (Å²) >= 11 is 0. The predicted octanol–water partition coefficient (Wildman–Crippen LogP) is 2.38. The van der Waals surface area contributed by atoms with Gasteiger partial charge in [-0.2, -0.15) is 5.10 Å². The summed E-state index contributed by atoms with van der Waals surface area (Å²) in [6, 6.07) is 5.44. The Kier molecular flexibility index (Phi) is 5.22. The molecule has 2 rings (SSSR count). The van der Waals surface area contributed by atoms with E-state index < -0.39 is 0 Å². The molecule has 2 N–H and O–H groups in total. The second-order valence-corrected chi connectivity index (χ2v) is 4.97. The molecule has 1 aromatic heterocycles. The lowest BCUT2D eigenvalue weighted by Crippen LogP contribution is -2.13. The van der Waals surface area contributed by atoms with Crippen LogP contribution in [-0.2, 0) is 26.6 Å². The lowest BCUT2D eigenvalue weighted by Gasteiger charge is -2.09. The number of phenols is 1. The van der Waals surface area contributed by atoms with Crippen LogP contribution in [0.5, 0.6) is 11.5 Å². The maximum absolute atomic E-state index is 9.68. The zero-order chi connectivity index (χ0) is 15.2. The topological polar surface area (TPSA) is 59.3 Å². The summed E-state index contributed by atoms with van der Waals surface area (Å²) in [4.78, 5) is 0. The predicted molar refractivity (Wildman–Crippen MR) is 82.4 cm³/mol. The molecule has 5 nitrogen and oxygen atoms in total. The SMILES string of the molecule is CCOc1cc(CNCc2cn(C)nc2CC)ccc1O. The van der Waals surface area contributed by atoms with E-state index in [0.717, 1.165) is 30.8 Å². The fraction of sp³-hybridized carbons (Fsp3) is 0.438. The van der Waals surface area contributed by atoms with Crippen LogP contribution < -0.4 is 10.1 Å². The van der Waals surface area contributed by atoms with Gasteiger partial charge in [-0.1, -0.05) is 13.0 Å². The van der Waals surface area contributed by atoms with Crippen molar-refractivity contribution in [1.82, 2.24) is 15.1 Å².